The highest BCUT2D eigenvalue weighted by molar-refractivity contribution is 5.73. The average molecular weight is 234 g/mol. The number of hydrogen-bond acceptors (Lipinski definition) is 4. The van der Waals surface area contributed by atoms with Gasteiger partial charge in [-0.25, -0.2) is 0 Å². The van der Waals surface area contributed by atoms with Crippen LogP contribution in [0.2, 0.25) is 0 Å². The average Bonchev–Trinajstić information content (AvgIpc) is 2.70. The van der Waals surface area contributed by atoms with Crippen molar-refractivity contribution in [3.05, 3.63) is 30.1 Å². The molecule has 17 heavy (non-hydrogen) atoms. The van der Waals surface area contributed by atoms with Crippen molar-refractivity contribution in [3.8, 4) is 0 Å². The van der Waals surface area contributed by atoms with E-state index in [4.69, 9.17) is 4.74 Å². The van der Waals surface area contributed by atoms with Crippen molar-refractivity contribution in [2.75, 3.05) is 20.2 Å². The summed E-state index contributed by atoms with van der Waals surface area (Å²) in [7, 11) is 1.46. The number of ether oxygens (including phenoxy) is 1. The van der Waals surface area contributed by atoms with Crippen LogP contribution in [0.5, 0.6) is 0 Å². The van der Waals surface area contributed by atoms with Crippen LogP contribution >= 0.6 is 0 Å². The van der Waals surface area contributed by atoms with Gasteiger partial charge in [-0.05, 0) is 17.5 Å². The van der Waals surface area contributed by atoms with Gasteiger partial charge < -0.3 is 4.74 Å². The van der Waals surface area contributed by atoms with Crippen LogP contribution < -0.4 is 0 Å². The summed E-state index contributed by atoms with van der Waals surface area (Å²) in [6.07, 6.45) is 3.64. The number of carbonyl (C=O) groups excluding carboxylic acids is 1. The maximum Gasteiger partial charge on any atom is 0.310 e. The fraction of sp³-hybridized carbons (Fsp3) is 0.538. The summed E-state index contributed by atoms with van der Waals surface area (Å²) in [5.41, 5.74) is 1.19. The molecule has 4 nitrogen and oxygen atoms in total. The number of rotatable bonds is 3. The van der Waals surface area contributed by atoms with Gasteiger partial charge in [-0.15, -0.1) is 0 Å². The molecule has 2 atom stereocenters. The van der Waals surface area contributed by atoms with Crippen LogP contribution in [-0.2, 0) is 16.1 Å². The molecule has 2 rings (SSSR count). The summed E-state index contributed by atoms with van der Waals surface area (Å²) in [5.74, 6) is 0.280. The molecule has 4 heteroatoms. The first-order valence-corrected chi connectivity index (χ1v) is 5.90. The van der Waals surface area contributed by atoms with E-state index < -0.39 is 0 Å². The summed E-state index contributed by atoms with van der Waals surface area (Å²) in [5, 5.41) is 0. The first-order valence-electron chi connectivity index (χ1n) is 5.90. The van der Waals surface area contributed by atoms with Gasteiger partial charge in [0.15, 0.2) is 0 Å². The Morgan fingerprint density at radius 3 is 3.06 bits per heavy atom. The zero-order valence-electron chi connectivity index (χ0n) is 10.3. The Morgan fingerprint density at radius 1 is 1.59 bits per heavy atom. The van der Waals surface area contributed by atoms with E-state index in [0.717, 1.165) is 19.6 Å². The molecule has 1 fully saturated rings. The molecule has 0 aromatic carbocycles. The third-order valence-corrected chi connectivity index (χ3v) is 3.32. The number of carbonyl (C=O) groups is 1. The molecule has 1 aromatic heterocycles. The van der Waals surface area contributed by atoms with Crippen molar-refractivity contribution >= 4 is 5.97 Å². The molecule has 0 bridgehead atoms. The minimum absolute atomic E-state index is 0.0108. The quantitative estimate of drug-likeness (QED) is 0.740. The Labute approximate surface area is 102 Å². The number of likely N-dealkylation sites (tertiary alicyclic amines) is 1. The minimum atomic E-state index is -0.0915. The SMILES string of the molecule is COC(=O)C1CN(Cc2cccnc2)CC1C. The predicted octanol–water partition coefficient (Wildman–Crippen LogP) is 1.32. The van der Waals surface area contributed by atoms with Crippen molar-refractivity contribution in [2.45, 2.75) is 13.5 Å². The summed E-state index contributed by atoms with van der Waals surface area (Å²) >= 11 is 0. The molecular formula is C13H18N2O2. The van der Waals surface area contributed by atoms with Crippen LogP contribution in [0.25, 0.3) is 0 Å². The first kappa shape index (κ1) is 12.0. The third kappa shape index (κ3) is 2.82. The predicted molar refractivity (Wildman–Crippen MR) is 64.2 cm³/mol. The minimum Gasteiger partial charge on any atom is -0.469 e. The lowest BCUT2D eigenvalue weighted by Gasteiger charge is -2.14. The van der Waals surface area contributed by atoms with Crippen molar-refractivity contribution in [3.63, 3.8) is 0 Å². The molecule has 2 heterocycles. The normalized spacial score (nSPS) is 24.8. The highest BCUT2D eigenvalue weighted by Gasteiger charge is 2.35. The Hall–Kier alpha value is -1.42. The Morgan fingerprint density at radius 2 is 2.41 bits per heavy atom. The van der Waals surface area contributed by atoms with Gasteiger partial charge >= 0.3 is 5.97 Å². The Bertz CT molecular complexity index is 380. The molecule has 0 amide bonds. The van der Waals surface area contributed by atoms with Crippen LogP contribution in [0.3, 0.4) is 0 Å². The standard InChI is InChI=1S/C13H18N2O2/c1-10-7-15(9-12(10)13(16)17-2)8-11-4-3-5-14-6-11/h3-6,10,12H,7-9H2,1-2H3. The van der Waals surface area contributed by atoms with E-state index in [1.165, 1.54) is 12.7 Å². The Kier molecular flexibility index (Phi) is 3.74. The van der Waals surface area contributed by atoms with Gasteiger partial charge in [-0.3, -0.25) is 14.7 Å². The summed E-state index contributed by atoms with van der Waals surface area (Å²) in [6, 6.07) is 4.00. The lowest BCUT2D eigenvalue weighted by Crippen LogP contribution is -2.24. The maximum atomic E-state index is 11.6. The smallest absolute Gasteiger partial charge is 0.310 e. The highest BCUT2D eigenvalue weighted by atomic mass is 16.5. The maximum absolute atomic E-state index is 11.6. The van der Waals surface area contributed by atoms with Gasteiger partial charge in [0.2, 0.25) is 0 Å². The highest BCUT2D eigenvalue weighted by Crippen LogP contribution is 2.25. The molecule has 92 valence electrons. The van der Waals surface area contributed by atoms with Gasteiger partial charge in [-0.2, -0.15) is 0 Å². The summed E-state index contributed by atoms with van der Waals surface area (Å²) in [6.45, 7) is 4.67. The zero-order valence-corrected chi connectivity index (χ0v) is 10.3. The van der Waals surface area contributed by atoms with E-state index in [1.807, 2.05) is 12.3 Å². The molecule has 1 saturated heterocycles. The number of methoxy groups -OCH3 is 1. The zero-order chi connectivity index (χ0) is 12.3. The monoisotopic (exact) mass is 234 g/mol. The number of esters is 1. The largest absolute Gasteiger partial charge is 0.469 e. The van der Waals surface area contributed by atoms with Crippen LogP contribution in [0, 0.1) is 11.8 Å². The van der Waals surface area contributed by atoms with E-state index in [9.17, 15) is 4.79 Å². The van der Waals surface area contributed by atoms with Crippen molar-refractivity contribution < 1.29 is 9.53 Å². The second-order valence-corrected chi connectivity index (χ2v) is 4.66. The van der Waals surface area contributed by atoms with E-state index in [1.54, 1.807) is 6.20 Å². The Balaban J connectivity index is 1.95. The van der Waals surface area contributed by atoms with Gasteiger partial charge in [0, 0.05) is 32.0 Å². The summed E-state index contributed by atoms with van der Waals surface area (Å²) in [4.78, 5) is 17.9. The van der Waals surface area contributed by atoms with Crippen LogP contribution in [0.15, 0.2) is 24.5 Å². The lowest BCUT2D eigenvalue weighted by molar-refractivity contribution is -0.146. The molecular weight excluding hydrogens is 216 g/mol. The van der Waals surface area contributed by atoms with Crippen molar-refractivity contribution in [2.24, 2.45) is 11.8 Å². The molecule has 0 radical (unpaired) electrons. The topological polar surface area (TPSA) is 42.4 Å². The third-order valence-electron chi connectivity index (χ3n) is 3.32. The van der Waals surface area contributed by atoms with E-state index in [2.05, 4.69) is 22.9 Å². The van der Waals surface area contributed by atoms with Gasteiger partial charge in [-0.1, -0.05) is 13.0 Å². The molecule has 1 aromatic rings. The van der Waals surface area contributed by atoms with Crippen molar-refractivity contribution in [1.29, 1.82) is 0 Å². The van der Waals surface area contributed by atoms with E-state index in [0.29, 0.717) is 5.92 Å². The van der Waals surface area contributed by atoms with Gasteiger partial charge in [0.05, 0.1) is 13.0 Å². The number of hydrogen-bond donors (Lipinski definition) is 0. The number of aromatic nitrogens is 1. The van der Waals surface area contributed by atoms with Crippen LogP contribution in [0.1, 0.15) is 12.5 Å². The second kappa shape index (κ2) is 5.27. The molecule has 1 aliphatic heterocycles. The molecule has 1 aliphatic rings. The lowest BCUT2D eigenvalue weighted by atomic mass is 9.99. The number of pyridine rings is 1. The van der Waals surface area contributed by atoms with Crippen molar-refractivity contribution in [1.82, 2.24) is 9.88 Å². The molecule has 2 unspecified atom stereocenters. The van der Waals surface area contributed by atoms with Crippen LogP contribution in [0.4, 0.5) is 0 Å². The molecule has 0 saturated carbocycles. The van der Waals surface area contributed by atoms with E-state index in [-0.39, 0.29) is 11.9 Å². The van der Waals surface area contributed by atoms with Gasteiger partial charge in [0.1, 0.15) is 0 Å². The fourth-order valence-electron chi connectivity index (χ4n) is 2.40. The molecule has 0 aliphatic carbocycles. The first-order chi connectivity index (χ1) is 8.20. The molecule has 0 N–H and O–H groups in total. The summed E-state index contributed by atoms with van der Waals surface area (Å²) < 4.78 is 4.83. The number of nitrogens with zero attached hydrogens (tertiary/aromatic N) is 2. The van der Waals surface area contributed by atoms with Gasteiger partial charge in [0.25, 0.3) is 0 Å². The molecule has 0 spiro atoms. The van der Waals surface area contributed by atoms with E-state index >= 15 is 0 Å². The fourth-order valence-corrected chi connectivity index (χ4v) is 2.40. The van der Waals surface area contributed by atoms with Crippen LogP contribution in [-0.4, -0.2) is 36.1 Å². The second-order valence-electron chi connectivity index (χ2n) is 4.66.